The standard InChI is InChI=1S/C10H22N2O3S/c1-3-15-10(6-11)7-12-4-5-16(13,14)8-9(12)2/h9-10H,3-8,11H2,1-2H3. The molecule has 1 aliphatic heterocycles. The summed E-state index contributed by atoms with van der Waals surface area (Å²) in [4.78, 5) is 2.15. The molecule has 1 rings (SSSR count). The molecular weight excluding hydrogens is 228 g/mol. The molecule has 2 N–H and O–H groups in total. The molecule has 0 saturated carbocycles. The molecule has 0 radical (unpaired) electrons. The van der Waals surface area contributed by atoms with Gasteiger partial charge in [-0.1, -0.05) is 0 Å². The Balaban J connectivity index is 2.49. The summed E-state index contributed by atoms with van der Waals surface area (Å²) < 4.78 is 28.3. The lowest BCUT2D eigenvalue weighted by Gasteiger charge is -2.35. The van der Waals surface area contributed by atoms with Gasteiger partial charge in [-0.3, -0.25) is 4.90 Å². The van der Waals surface area contributed by atoms with Gasteiger partial charge in [0.25, 0.3) is 0 Å². The summed E-state index contributed by atoms with van der Waals surface area (Å²) in [5, 5.41) is 0. The van der Waals surface area contributed by atoms with E-state index in [-0.39, 0.29) is 23.7 Å². The molecule has 2 atom stereocenters. The lowest BCUT2D eigenvalue weighted by molar-refractivity contribution is 0.0322. The highest BCUT2D eigenvalue weighted by atomic mass is 32.2. The number of rotatable bonds is 5. The highest BCUT2D eigenvalue weighted by Gasteiger charge is 2.29. The first-order chi connectivity index (χ1) is 7.48. The van der Waals surface area contributed by atoms with E-state index in [2.05, 4.69) is 4.90 Å². The quantitative estimate of drug-likeness (QED) is 0.710. The molecule has 1 heterocycles. The molecule has 0 aromatic carbocycles. The Morgan fingerprint density at radius 3 is 2.75 bits per heavy atom. The van der Waals surface area contributed by atoms with Crippen LogP contribution < -0.4 is 5.73 Å². The van der Waals surface area contributed by atoms with E-state index in [4.69, 9.17) is 10.5 Å². The summed E-state index contributed by atoms with van der Waals surface area (Å²) in [7, 11) is -2.83. The maximum Gasteiger partial charge on any atom is 0.153 e. The Hall–Kier alpha value is -0.170. The number of nitrogens with zero attached hydrogens (tertiary/aromatic N) is 1. The topological polar surface area (TPSA) is 72.6 Å². The van der Waals surface area contributed by atoms with Gasteiger partial charge in [0.05, 0.1) is 17.6 Å². The monoisotopic (exact) mass is 250 g/mol. The first-order valence-electron chi connectivity index (χ1n) is 5.74. The van der Waals surface area contributed by atoms with Crippen LogP contribution in [0.1, 0.15) is 13.8 Å². The van der Waals surface area contributed by atoms with Gasteiger partial charge in [0.2, 0.25) is 0 Å². The molecule has 0 amide bonds. The van der Waals surface area contributed by atoms with Crippen molar-refractivity contribution in [2.24, 2.45) is 5.73 Å². The molecule has 5 nitrogen and oxygen atoms in total. The second kappa shape index (κ2) is 5.95. The van der Waals surface area contributed by atoms with Crippen molar-refractivity contribution in [2.45, 2.75) is 26.0 Å². The van der Waals surface area contributed by atoms with E-state index in [0.717, 1.165) is 6.54 Å². The first kappa shape index (κ1) is 13.9. The van der Waals surface area contributed by atoms with Crippen molar-refractivity contribution < 1.29 is 13.2 Å². The van der Waals surface area contributed by atoms with Gasteiger partial charge in [0.15, 0.2) is 9.84 Å². The van der Waals surface area contributed by atoms with Gasteiger partial charge < -0.3 is 10.5 Å². The van der Waals surface area contributed by atoms with E-state index >= 15 is 0 Å². The van der Waals surface area contributed by atoms with Crippen molar-refractivity contribution >= 4 is 9.84 Å². The molecule has 0 aromatic rings. The predicted molar refractivity (Wildman–Crippen MR) is 64.2 cm³/mol. The molecule has 96 valence electrons. The summed E-state index contributed by atoms with van der Waals surface area (Å²) >= 11 is 0. The number of ether oxygens (including phenoxy) is 1. The minimum Gasteiger partial charge on any atom is -0.376 e. The van der Waals surface area contributed by atoms with Gasteiger partial charge in [-0.25, -0.2) is 8.42 Å². The van der Waals surface area contributed by atoms with E-state index in [9.17, 15) is 8.42 Å². The van der Waals surface area contributed by atoms with Crippen molar-refractivity contribution in [3.63, 3.8) is 0 Å². The maximum absolute atomic E-state index is 11.4. The number of nitrogens with two attached hydrogens (primary N) is 1. The van der Waals surface area contributed by atoms with Crippen LogP contribution in [0.3, 0.4) is 0 Å². The average Bonchev–Trinajstić information content (AvgIpc) is 2.20. The largest absolute Gasteiger partial charge is 0.376 e. The van der Waals surface area contributed by atoms with Crippen molar-refractivity contribution in [2.75, 3.05) is 37.7 Å². The van der Waals surface area contributed by atoms with Crippen LogP contribution in [-0.2, 0) is 14.6 Å². The van der Waals surface area contributed by atoms with Crippen LogP contribution >= 0.6 is 0 Å². The van der Waals surface area contributed by atoms with Crippen LogP contribution in [0.25, 0.3) is 0 Å². The summed E-state index contributed by atoms with van der Waals surface area (Å²) in [5.41, 5.74) is 5.60. The van der Waals surface area contributed by atoms with Gasteiger partial charge in [-0.15, -0.1) is 0 Å². The van der Waals surface area contributed by atoms with Crippen molar-refractivity contribution in [1.82, 2.24) is 4.90 Å². The van der Waals surface area contributed by atoms with Crippen LogP contribution in [0.2, 0.25) is 0 Å². The molecular formula is C10H22N2O3S. The normalized spacial score (nSPS) is 27.8. The fraction of sp³-hybridized carbons (Fsp3) is 1.00. The molecule has 1 saturated heterocycles. The van der Waals surface area contributed by atoms with E-state index in [1.165, 1.54) is 0 Å². The third-order valence-electron chi connectivity index (χ3n) is 2.91. The fourth-order valence-corrected chi connectivity index (χ4v) is 3.62. The summed E-state index contributed by atoms with van der Waals surface area (Å²) in [6.07, 6.45) is 0.00764. The van der Waals surface area contributed by atoms with E-state index in [1.807, 2.05) is 13.8 Å². The molecule has 0 spiro atoms. The lowest BCUT2D eigenvalue weighted by Crippen LogP contribution is -2.51. The van der Waals surface area contributed by atoms with Gasteiger partial charge >= 0.3 is 0 Å². The lowest BCUT2D eigenvalue weighted by atomic mass is 10.2. The Morgan fingerprint density at radius 2 is 2.25 bits per heavy atom. The minimum absolute atomic E-state index is 0.00764. The van der Waals surface area contributed by atoms with E-state index < -0.39 is 9.84 Å². The molecule has 6 heteroatoms. The number of hydrogen-bond donors (Lipinski definition) is 1. The zero-order valence-electron chi connectivity index (χ0n) is 10.1. The number of sulfone groups is 1. The third-order valence-corrected chi connectivity index (χ3v) is 4.71. The smallest absolute Gasteiger partial charge is 0.153 e. The predicted octanol–water partition coefficient (Wildman–Crippen LogP) is -0.531. The minimum atomic E-state index is -2.83. The Kier molecular flexibility index (Phi) is 5.17. The third kappa shape index (κ3) is 4.01. The zero-order valence-corrected chi connectivity index (χ0v) is 10.9. The Bertz CT molecular complexity index is 305. The van der Waals surface area contributed by atoms with Crippen LogP contribution in [0.4, 0.5) is 0 Å². The van der Waals surface area contributed by atoms with Crippen molar-refractivity contribution in [3.05, 3.63) is 0 Å². The number of hydrogen-bond acceptors (Lipinski definition) is 5. The second-order valence-corrected chi connectivity index (χ2v) is 6.50. The highest BCUT2D eigenvalue weighted by Crippen LogP contribution is 2.12. The van der Waals surface area contributed by atoms with Gasteiger partial charge in [-0.2, -0.15) is 0 Å². The maximum atomic E-state index is 11.4. The second-order valence-electron chi connectivity index (χ2n) is 4.27. The highest BCUT2D eigenvalue weighted by molar-refractivity contribution is 7.91. The molecule has 0 aromatic heterocycles. The molecule has 2 unspecified atom stereocenters. The van der Waals surface area contributed by atoms with Crippen molar-refractivity contribution in [1.29, 1.82) is 0 Å². The Morgan fingerprint density at radius 1 is 1.56 bits per heavy atom. The van der Waals surface area contributed by atoms with Crippen LogP contribution in [0.5, 0.6) is 0 Å². The summed E-state index contributed by atoms with van der Waals surface area (Å²) in [6.45, 7) is 6.31. The average molecular weight is 250 g/mol. The summed E-state index contributed by atoms with van der Waals surface area (Å²) in [5.74, 6) is 0.497. The van der Waals surface area contributed by atoms with Crippen LogP contribution in [-0.4, -0.2) is 63.2 Å². The molecule has 1 fully saturated rings. The van der Waals surface area contributed by atoms with Crippen LogP contribution in [0, 0.1) is 0 Å². The SMILES string of the molecule is CCOC(CN)CN1CCS(=O)(=O)CC1C. The molecule has 16 heavy (non-hydrogen) atoms. The van der Waals surface area contributed by atoms with Gasteiger partial charge in [0, 0.05) is 32.3 Å². The first-order valence-corrected chi connectivity index (χ1v) is 7.56. The van der Waals surface area contributed by atoms with E-state index in [0.29, 0.717) is 19.7 Å². The van der Waals surface area contributed by atoms with Crippen LogP contribution in [0.15, 0.2) is 0 Å². The van der Waals surface area contributed by atoms with Gasteiger partial charge in [-0.05, 0) is 13.8 Å². The Labute approximate surface area is 97.9 Å². The van der Waals surface area contributed by atoms with E-state index in [1.54, 1.807) is 0 Å². The molecule has 1 aliphatic rings. The van der Waals surface area contributed by atoms with Gasteiger partial charge in [0.1, 0.15) is 0 Å². The fourth-order valence-electron chi connectivity index (χ4n) is 2.00. The molecule has 0 aliphatic carbocycles. The van der Waals surface area contributed by atoms with Crippen molar-refractivity contribution in [3.8, 4) is 0 Å². The molecule has 0 bridgehead atoms. The zero-order chi connectivity index (χ0) is 12.2. The summed E-state index contributed by atoms with van der Waals surface area (Å²) in [6, 6.07) is 0.0632.